The summed E-state index contributed by atoms with van der Waals surface area (Å²) < 4.78 is 0. The smallest absolute Gasteiger partial charge is 0.136 e. The summed E-state index contributed by atoms with van der Waals surface area (Å²) >= 11 is 0. The van der Waals surface area contributed by atoms with Gasteiger partial charge in [-0.2, -0.15) is 5.26 Å². The van der Waals surface area contributed by atoms with Crippen LogP contribution >= 0.6 is 0 Å². The highest BCUT2D eigenvalue weighted by Gasteiger charge is 2.46. The number of nitrogens with zero attached hydrogens (tertiary/aromatic N) is 2. The Labute approximate surface area is 76.0 Å². The lowest BCUT2D eigenvalue weighted by Crippen LogP contribution is -2.40. The number of ketones is 1. The van der Waals surface area contributed by atoms with E-state index in [1.165, 1.54) is 0 Å². The van der Waals surface area contributed by atoms with Crippen LogP contribution in [0, 0.1) is 11.3 Å². The summed E-state index contributed by atoms with van der Waals surface area (Å²) in [7, 11) is 0. The zero-order valence-electron chi connectivity index (χ0n) is 7.03. The van der Waals surface area contributed by atoms with Gasteiger partial charge in [0.1, 0.15) is 11.2 Å². The van der Waals surface area contributed by atoms with Crippen molar-refractivity contribution in [1.29, 1.82) is 5.26 Å². The molecule has 13 heavy (non-hydrogen) atoms. The van der Waals surface area contributed by atoms with E-state index in [-0.39, 0.29) is 5.78 Å². The Balaban J connectivity index is 2.36. The molecule has 64 valence electrons. The van der Waals surface area contributed by atoms with E-state index in [0.29, 0.717) is 12.8 Å². The summed E-state index contributed by atoms with van der Waals surface area (Å²) in [5, 5.41) is 8.97. The molecule has 3 nitrogen and oxygen atoms in total. The van der Waals surface area contributed by atoms with Crippen LogP contribution < -0.4 is 0 Å². The second-order valence-corrected chi connectivity index (χ2v) is 3.30. The first-order valence-electron chi connectivity index (χ1n) is 4.11. The van der Waals surface area contributed by atoms with Gasteiger partial charge in [0, 0.05) is 19.0 Å². The van der Waals surface area contributed by atoms with Crippen molar-refractivity contribution in [3.63, 3.8) is 0 Å². The summed E-state index contributed by atoms with van der Waals surface area (Å²) in [6.45, 7) is 0. The Kier molecular flexibility index (Phi) is 1.63. The molecule has 1 aromatic rings. The van der Waals surface area contributed by atoms with Gasteiger partial charge in [-0.15, -0.1) is 0 Å². The second-order valence-electron chi connectivity index (χ2n) is 3.30. The minimum absolute atomic E-state index is 0.146. The molecule has 0 aromatic carbocycles. The molecule has 1 aliphatic rings. The lowest BCUT2D eigenvalue weighted by Gasteiger charge is -2.32. The van der Waals surface area contributed by atoms with Crippen LogP contribution in [0.4, 0.5) is 0 Å². The molecule has 0 spiro atoms. The van der Waals surface area contributed by atoms with E-state index in [1.54, 1.807) is 18.3 Å². The maximum Gasteiger partial charge on any atom is 0.136 e. The van der Waals surface area contributed by atoms with Gasteiger partial charge in [-0.25, -0.2) is 0 Å². The van der Waals surface area contributed by atoms with Gasteiger partial charge in [-0.1, -0.05) is 6.07 Å². The van der Waals surface area contributed by atoms with Crippen LogP contribution in [0.25, 0.3) is 0 Å². The predicted molar refractivity (Wildman–Crippen MR) is 45.8 cm³/mol. The standard InChI is InChI=1S/C10H8N2O/c11-7-10(5-8(13)6-10)9-3-1-2-4-12-9/h1-4H,5-6H2. The highest BCUT2D eigenvalue weighted by atomic mass is 16.1. The van der Waals surface area contributed by atoms with Crippen molar-refractivity contribution in [3.8, 4) is 6.07 Å². The van der Waals surface area contributed by atoms with Gasteiger partial charge in [0.2, 0.25) is 0 Å². The average molecular weight is 172 g/mol. The van der Waals surface area contributed by atoms with Crippen molar-refractivity contribution in [3.05, 3.63) is 30.1 Å². The third kappa shape index (κ3) is 1.11. The number of aromatic nitrogens is 1. The lowest BCUT2D eigenvalue weighted by atomic mass is 9.67. The number of rotatable bonds is 1. The summed E-state index contributed by atoms with van der Waals surface area (Å²) in [6, 6.07) is 7.62. The van der Waals surface area contributed by atoms with Crippen LogP contribution in [-0.2, 0) is 10.2 Å². The zero-order chi connectivity index (χ0) is 9.31. The largest absolute Gasteiger partial charge is 0.300 e. The van der Waals surface area contributed by atoms with Crippen molar-refractivity contribution in [2.75, 3.05) is 0 Å². The fourth-order valence-electron chi connectivity index (χ4n) is 1.58. The van der Waals surface area contributed by atoms with Crippen LogP contribution in [0.5, 0.6) is 0 Å². The van der Waals surface area contributed by atoms with Gasteiger partial charge in [0.05, 0.1) is 11.8 Å². The Morgan fingerprint density at radius 2 is 2.23 bits per heavy atom. The van der Waals surface area contributed by atoms with E-state index < -0.39 is 5.41 Å². The molecule has 0 aliphatic heterocycles. The maximum atomic E-state index is 10.9. The summed E-state index contributed by atoms with van der Waals surface area (Å²) in [6.07, 6.45) is 2.29. The zero-order valence-corrected chi connectivity index (χ0v) is 7.03. The Hall–Kier alpha value is -1.69. The summed E-state index contributed by atoms with van der Waals surface area (Å²) in [5.41, 5.74) is 0.0929. The van der Waals surface area contributed by atoms with Gasteiger partial charge in [-0.05, 0) is 12.1 Å². The number of pyridine rings is 1. The quantitative estimate of drug-likeness (QED) is 0.639. The lowest BCUT2D eigenvalue weighted by molar-refractivity contribution is -0.126. The minimum Gasteiger partial charge on any atom is -0.300 e. The molecule has 0 saturated heterocycles. The summed E-state index contributed by atoms with van der Waals surface area (Å²) in [4.78, 5) is 15.0. The molecule has 0 radical (unpaired) electrons. The van der Waals surface area contributed by atoms with Crippen LogP contribution in [0.3, 0.4) is 0 Å². The number of Topliss-reactive ketones (excluding diaryl/α,β-unsaturated/α-hetero) is 1. The van der Waals surface area contributed by atoms with Crippen molar-refractivity contribution in [2.24, 2.45) is 0 Å². The van der Waals surface area contributed by atoms with Crippen LogP contribution in [0.15, 0.2) is 24.4 Å². The number of hydrogen-bond acceptors (Lipinski definition) is 3. The van der Waals surface area contributed by atoms with Gasteiger partial charge in [0.25, 0.3) is 0 Å². The normalized spacial score (nSPS) is 18.8. The molecule has 1 heterocycles. The molecule has 1 saturated carbocycles. The predicted octanol–water partition coefficient (Wildman–Crippen LogP) is 1.21. The Morgan fingerprint density at radius 1 is 1.46 bits per heavy atom. The Morgan fingerprint density at radius 3 is 2.69 bits per heavy atom. The first-order chi connectivity index (χ1) is 6.27. The van der Waals surface area contributed by atoms with Gasteiger partial charge in [0.15, 0.2) is 0 Å². The monoisotopic (exact) mass is 172 g/mol. The maximum absolute atomic E-state index is 10.9. The molecule has 0 amide bonds. The van der Waals surface area contributed by atoms with E-state index in [1.807, 2.05) is 6.07 Å². The average Bonchev–Trinajstić information content (AvgIpc) is 2.14. The fraction of sp³-hybridized carbons (Fsp3) is 0.300. The third-order valence-corrected chi connectivity index (χ3v) is 2.37. The number of carbonyl (C=O) groups excluding carboxylic acids is 1. The molecular formula is C10H8N2O. The topological polar surface area (TPSA) is 53.8 Å². The van der Waals surface area contributed by atoms with E-state index in [0.717, 1.165) is 5.69 Å². The van der Waals surface area contributed by atoms with E-state index in [4.69, 9.17) is 5.26 Å². The third-order valence-electron chi connectivity index (χ3n) is 2.37. The van der Waals surface area contributed by atoms with E-state index >= 15 is 0 Å². The van der Waals surface area contributed by atoms with Crippen molar-refractivity contribution in [1.82, 2.24) is 4.98 Å². The van der Waals surface area contributed by atoms with Crippen molar-refractivity contribution in [2.45, 2.75) is 18.3 Å². The molecular weight excluding hydrogens is 164 g/mol. The first kappa shape index (κ1) is 7.93. The molecule has 3 heteroatoms. The first-order valence-corrected chi connectivity index (χ1v) is 4.11. The van der Waals surface area contributed by atoms with Crippen molar-refractivity contribution < 1.29 is 4.79 Å². The van der Waals surface area contributed by atoms with Gasteiger partial charge in [-0.3, -0.25) is 9.78 Å². The molecule has 0 bridgehead atoms. The molecule has 1 fully saturated rings. The van der Waals surface area contributed by atoms with Crippen molar-refractivity contribution >= 4 is 5.78 Å². The SMILES string of the molecule is N#CC1(c2ccccn2)CC(=O)C1. The number of nitriles is 1. The van der Waals surface area contributed by atoms with Crippen LogP contribution in [0.2, 0.25) is 0 Å². The van der Waals surface area contributed by atoms with Gasteiger partial charge < -0.3 is 0 Å². The fourth-order valence-corrected chi connectivity index (χ4v) is 1.58. The summed E-state index contributed by atoms with van der Waals surface area (Å²) in [5.74, 6) is 0.146. The van der Waals surface area contributed by atoms with E-state index in [2.05, 4.69) is 11.1 Å². The Bertz CT molecular complexity index is 370. The van der Waals surface area contributed by atoms with Crippen LogP contribution in [0.1, 0.15) is 18.5 Å². The molecule has 0 unspecified atom stereocenters. The number of carbonyl (C=O) groups is 1. The molecule has 2 rings (SSSR count). The highest BCUT2D eigenvalue weighted by Crippen LogP contribution is 2.39. The molecule has 1 aliphatic carbocycles. The minimum atomic E-state index is -0.627. The van der Waals surface area contributed by atoms with E-state index in [9.17, 15) is 4.79 Å². The number of hydrogen-bond donors (Lipinski definition) is 0. The van der Waals surface area contributed by atoms with Crippen LogP contribution in [-0.4, -0.2) is 10.8 Å². The molecule has 0 N–H and O–H groups in total. The highest BCUT2D eigenvalue weighted by molar-refractivity contribution is 5.89. The molecule has 1 aromatic heterocycles. The van der Waals surface area contributed by atoms with Gasteiger partial charge >= 0.3 is 0 Å². The molecule has 0 atom stereocenters. The second kappa shape index (κ2) is 2.67.